The molecule has 2 aromatic rings. The standard InChI is InChI=1S/C17H19ClN2O2/c1-20(2)11-13-7-3-5-9-15(13)19-17(21)12-22-16-10-6-4-8-14(16)18/h3-10H,11-12H2,1-2H3,(H,19,21). The highest BCUT2D eigenvalue weighted by Gasteiger charge is 2.09. The fourth-order valence-corrected chi connectivity index (χ4v) is 2.20. The van der Waals surface area contributed by atoms with E-state index in [1.165, 1.54) is 0 Å². The van der Waals surface area contributed by atoms with Gasteiger partial charge in [0.15, 0.2) is 6.61 Å². The first-order chi connectivity index (χ1) is 10.6. The van der Waals surface area contributed by atoms with Crippen molar-refractivity contribution in [3.8, 4) is 5.75 Å². The molecule has 5 heteroatoms. The van der Waals surface area contributed by atoms with Crippen molar-refractivity contribution in [2.45, 2.75) is 6.54 Å². The topological polar surface area (TPSA) is 41.6 Å². The molecule has 1 N–H and O–H groups in total. The summed E-state index contributed by atoms with van der Waals surface area (Å²) in [5.74, 6) is 0.284. The Bertz CT molecular complexity index is 644. The average Bonchev–Trinajstić information content (AvgIpc) is 2.48. The van der Waals surface area contributed by atoms with Crippen LogP contribution in [0.1, 0.15) is 5.56 Å². The smallest absolute Gasteiger partial charge is 0.262 e. The van der Waals surface area contributed by atoms with E-state index in [-0.39, 0.29) is 12.5 Å². The second kappa shape index (κ2) is 7.82. The molecule has 2 aromatic carbocycles. The van der Waals surface area contributed by atoms with E-state index in [1.807, 2.05) is 55.4 Å². The fourth-order valence-electron chi connectivity index (χ4n) is 2.01. The lowest BCUT2D eigenvalue weighted by Gasteiger charge is -2.15. The van der Waals surface area contributed by atoms with Gasteiger partial charge in [-0.3, -0.25) is 4.79 Å². The van der Waals surface area contributed by atoms with Crippen molar-refractivity contribution in [1.29, 1.82) is 0 Å². The summed E-state index contributed by atoms with van der Waals surface area (Å²) in [7, 11) is 3.97. The summed E-state index contributed by atoms with van der Waals surface area (Å²) in [5, 5.41) is 3.36. The van der Waals surface area contributed by atoms with Crippen molar-refractivity contribution >= 4 is 23.2 Å². The van der Waals surface area contributed by atoms with Gasteiger partial charge in [0.1, 0.15) is 5.75 Å². The molecule has 0 aliphatic rings. The van der Waals surface area contributed by atoms with Crippen LogP contribution in [-0.2, 0) is 11.3 Å². The van der Waals surface area contributed by atoms with Crippen LogP contribution in [0.5, 0.6) is 5.75 Å². The fraction of sp³-hybridized carbons (Fsp3) is 0.235. The predicted octanol–water partition coefficient (Wildman–Crippen LogP) is 3.42. The van der Waals surface area contributed by atoms with Gasteiger partial charge in [-0.2, -0.15) is 0 Å². The minimum Gasteiger partial charge on any atom is -0.482 e. The Morgan fingerprint density at radius 2 is 1.82 bits per heavy atom. The molecule has 0 radical (unpaired) electrons. The molecule has 0 bridgehead atoms. The van der Waals surface area contributed by atoms with Crippen LogP contribution in [0.4, 0.5) is 5.69 Å². The number of nitrogens with zero attached hydrogens (tertiary/aromatic N) is 1. The van der Waals surface area contributed by atoms with E-state index >= 15 is 0 Å². The number of halogens is 1. The van der Waals surface area contributed by atoms with Crippen molar-refractivity contribution in [2.24, 2.45) is 0 Å². The lowest BCUT2D eigenvalue weighted by Crippen LogP contribution is -2.22. The summed E-state index contributed by atoms with van der Waals surface area (Å²) in [5.41, 5.74) is 1.85. The Hall–Kier alpha value is -2.04. The molecule has 0 fully saturated rings. The van der Waals surface area contributed by atoms with Crippen molar-refractivity contribution in [1.82, 2.24) is 4.90 Å². The van der Waals surface area contributed by atoms with Crippen LogP contribution in [-0.4, -0.2) is 31.5 Å². The minimum atomic E-state index is -0.217. The molecular weight excluding hydrogens is 300 g/mol. The van der Waals surface area contributed by atoms with Crippen LogP contribution in [0.25, 0.3) is 0 Å². The number of para-hydroxylation sites is 2. The monoisotopic (exact) mass is 318 g/mol. The Morgan fingerprint density at radius 1 is 1.14 bits per heavy atom. The molecule has 0 saturated heterocycles. The van der Waals surface area contributed by atoms with Crippen molar-refractivity contribution < 1.29 is 9.53 Å². The van der Waals surface area contributed by atoms with E-state index in [4.69, 9.17) is 16.3 Å². The van der Waals surface area contributed by atoms with E-state index < -0.39 is 0 Å². The maximum absolute atomic E-state index is 12.0. The molecule has 0 aromatic heterocycles. The number of amides is 1. The summed E-state index contributed by atoms with van der Waals surface area (Å²) in [6.07, 6.45) is 0. The second-order valence-electron chi connectivity index (χ2n) is 5.16. The van der Waals surface area contributed by atoms with Gasteiger partial charge in [-0.25, -0.2) is 0 Å². The van der Waals surface area contributed by atoms with E-state index in [9.17, 15) is 4.79 Å². The Labute approximate surface area is 135 Å². The minimum absolute atomic E-state index is 0.0833. The highest BCUT2D eigenvalue weighted by atomic mass is 35.5. The summed E-state index contributed by atoms with van der Waals surface area (Å²) < 4.78 is 5.44. The van der Waals surface area contributed by atoms with Gasteiger partial charge < -0.3 is 15.0 Å². The SMILES string of the molecule is CN(C)Cc1ccccc1NC(=O)COc1ccccc1Cl. The van der Waals surface area contributed by atoms with Gasteiger partial charge in [0.05, 0.1) is 5.02 Å². The highest BCUT2D eigenvalue weighted by molar-refractivity contribution is 6.32. The van der Waals surface area contributed by atoms with Gasteiger partial charge in [0.2, 0.25) is 0 Å². The molecule has 22 heavy (non-hydrogen) atoms. The van der Waals surface area contributed by atoms with Gasteiger partial charge in [0, 0.05) is 12.2 Å². The lowest BCUT2D eigenvalue weighted by atomic mass is 10.1. The van der Waals surface area contributed by atoms with Gasteiger partial charge >= 0.3 is 0 Å². The first kappa shape index (κ1) is 16.3. The van der Waals surface area contributed by atoms with Crippen LogP contribution in [0.3, 0.4) is 0 Å². The van der Waals surface area contributed by atoms with Gasteiger partial charge in [-0.05, 0) is 37.9 Å². The third-order valence-corrected chi connectivity index (χ3v) is 3.29. The maximum atomic E-state index is 12.0. The van der Waals surface area contributed by atoms with Gasteiger partial charge in [0.25, 0.3) is 5.91 Å². The summed E-state index contributed by atoms with van der Waals surface area (Å²) in [4.78, 5) is 14.1. The first-order valence-electron chi connectivity index (χ1n) is 6.96. The maximum Gasteiger partial charge on any atom is 0.262 e. The van der Waals surface area contributed by atoms with Gasteiger partial charge in [-0.1, -0.05) is 41.9 Å². The molecule has 0 heterocycles. The number of anilines is 1. The van der Waals surface area contributed by atoms with E-state index in [2.05, 4.69) is 5.32 Å². The summed E-state index contributed by atoms with van der Waals surface area (Å²) in [6, 6.07) is 14.8. The number of carbonyl (C=O) groups is 1. The van der Waals surface area contributed by atoms with Crippen molar-refractivity contribution in [3.05, 3.63) is 59.1 Å². The number of nitrogens with one attached hydrogen (secondary N) is 1. The van der Waals surface area contributed by atoms with Crippen LogP contribution < -0.4 is 10.1 Å². The molecule has 0 aliphatic heterocycles. The molecule has 0 saturated carbocycles. The predicted molar refractivity (Wildman–Crippen MR) is 89.4 cm³/mol. The molecule has 0 atom stereocenters. The Balaban J connectivity index is 1.96. The third-order valence-electron chi connectivity index (χ3n) is 2.97. The highest BCUT2D eigenvalue weighted by Crippen LogP contribution is 2.23. The summed E-state index contributed by atoms with van der Waals surface area (Å²) in [6.45, 7) is 0.669. The van der Waals surface area contributed by atoms with E-state index in [1.54, 1.807) is 12.1 Å². The van der Waals surface area contributed by atoms with Crippen molar-refractivity contribution in [2.75, 3.05) is 26.0 Å². The quantitative estimate of drug-likeness (QED) is 0.887. The molecule has 116 valence electrons. The number of hydrogen-bond donors (Lipinski definition) is 1. The van der Waals surface area contributed by atoms with Crippen molar-refractivity contribution in [3.63, 3.8) is 0 Å². The zero-order valence-electron chi connectivity index (χ0n) is 12.7. The molecule has 0 unspecified atom stereocenters. The molecule has 0 aliphatic carbocycles. The lowest BCUT2D eigenvalue weighted by molar-refractivity contribution is -0.118. The Morgan fingerprint density at radius 3 is 2.55 bits per heavy atom. The van der Waals surface area contributed by atoms with Gasteiger partial charge in [-0.15, -0.1) is 0 Å². The number of benzene rings is 2. The van der Waals surface area contributed by atoms with Crippen LogP contribution in [0.15, 0.2) is 48.5 Å². The molecular formula is C17H19ClN2O2. The number of carbonyl (C=O) groups excluding carboxylic acids is 1. The number of hydrogen-bond acceptors (Lipinski definition) is 3. The summed E-state index contributed by atoms with van der Waals surface area (Å²) >= 11 is 5.99. The normalized spacial score (nSPS) is 10.5. The molecule has 2 rings (SSSR count). The zero-order valence-corrected chi connectivity index (χ0v) is 13.4. The molecule has 4 nitrogen and oxygen atoms in total. The first-order valence-corrected chi connectivity index (χ1v) is 7.34. The van der Waals surface area contributed by atoms with E-state index in [0.717, 1.165) is 17.8 Å². The Kier molecular flexibility index (Phi) is 5.81. The third kappa shape index (κ3) is 4.76. The largest absolute Gasteiger partial charge is 0.482 e. The average molecular weight is 319 g/mol. The number of rotatable bonds is 6. The molecule has 0 spiro atoms. The van der Waals surface area contributed by atoms with E-state index in [0.29, 0.717) is 10.8 Å². The zero-order chi connectivity index (χ0) is 15.9. The second-order valence-corrected chi connectivity index (χ2v) is 5.57. The van der Waals surface area contributed by atoms with Crippen LogP contribution in [0.2, 0.25) is 5.02 Å². The van der Waals surface area contributed by atoms with Crippen LogP contribution >= 0.6 is 11.6 Å². The number of ether oxygens (including phenoxy) is 1. The molecule has 1 amide bonds. The van der Waals surface area contributed by atoms with Crippen LogP contribution in [0, 0.1) is 0 Å².